The first-order chi connectivity index (χ1) is 7.70. The molecular formula is C10H8F2N2OS. The average molecular weight is 242 g/mol. The van der Waals surface area contributed by atoms with Gasteiger partial charge in [-0.2, -0.15) is 0 Å². The van der Waals surface area contributed by atoms with Gasteiger partial charge in [0, 0.05) is 10.9 Å². The van der Waals surface area contributed by atoms with Crippen LogP contribution >= 0.6 is 11.3 Å². The first-order valence-electron chi connectivity index (χ1n) is 4.40. The van der Waals surface area contributed by atoms with Crippen molar-refractivity contribution in [2.75, 3.05) is 12.6 Å². The molecule has 0 saturated carbocycles. The second-order valence-corrected chi connectivity index (χ2v) is 3.86. The number of ether oxygens (including phenoxy) is 1. The Labute approximate surface area is 94.5 Å². The monoisotopic (exact) mass is 242 g/mol. The second-order valence-electron chi connectivity index (χ2n) is 2.97. The number of nitrogens with zero attached hydrogens (tertiary/aromatic N) is 1. The van der Waals surface area contributed by atoms with Crippen molar-refractivity contribution < 1.29 is 13.5 Å². The van der Waals surface area contributed by atoms with Gasteiger partial charge in [0.15, 0.2) is 16.7 Å². The maximum atomic E-state index is 13.1. The van der Waals surface area contributed by atoms with Gasteiger partial charge in [0.2, 0.25) is 6.86 Å². The van der Waals surface area contributed by atoms with E-state index < -0.39 is 12.7 Å². The summed E-state index contributed by atoms with van der Waals surface area (Å²) in [6.45, 7) is -1.07. The summed E-state index contributed by atoms with van der Waals surface area (Å²) in [7, 11) is 0. The zero-order valence-electron chi connectivity index (χ0n) is 8.11. The van der Waals surface area contributed by atoms with Gasteiger partial charge in [0.1, 0.15) is 0 Å². The Hall–Kier alpha value is -1.69. The molecule has 2 aromatic rings. The molecule has 1 heterocycles. The average Bonchev–Trinajstić information content (AvgIpc) is 2.69. The third kappa shape index (κ3) is 2.11. The standard InChI is InChI=1S/C10H8F2N2OS/c11-5-15-9-3-6(1-2-7(9)12)8-4-16-10(13)14-8/h1-4H,5H2,(H2,13,14). The molecule has 0 saturated heterocycles. The summed E-state index contributed by atoms with van der Waals surface area (Å²) < 4.78 is 29.6. The summed E-state index contributed by atoms with van der Waals surface area (Å²) in [6, 6.07) is 4.13. The molecule has 0 radical (unpaired) electrons. The molecule has 0 fully saturated rings. The molecule has 2 rings (SSSR count). The lowest BCUT2D eigenvalue weighted by molar-refractivity contribution is 0.184. The highest BCUT2D eigenvalue weighted by molar-refractivity contribution is 7.13. The summed E-state index contributed by atoms with van der Waals surface area (Å²) in [6.07, 6.45) is 0. The zero-order valence-corrected chi connectivity index (χ0v) is 8.93. The van der Waals surface area contributed by atoms with Gasteiger partial charge in [-0.05, 0) is 18.2 Å². The van der Waals surface area contributed by atoms with Crippen LogP contribution in [0.1, 0.15) is 0 Å². The van der Waals surface area contributed by atoms with Crippen LogP contribution in [0.25, 0.3) is 11.3 Å². The molecule has 0 aliphatic carbocycles. The molecule has 0 spiro atoms. The molecule has 0 unspecified atom stereocenters. The number of thiazole rings is 1. The molecule has 1 aromatic carbocycles. The molecule has 3 nitrogen and oxygen atoms in total. The molecule has 0 aliphatic heterocycles. The Balaban J connectivity index is 2.39. The van der Waals surface area contributed by atoms with Crippen molar-refractivity contribution in [2.45, 2.75) is 0 Å². The molecule has 1 aromatic heterocycles. The highest BCUT2D eigenvalue weighted by Crippen LogP contribution is 2.28. The van der Waals surface area contributed by atoms with Gasteiger partial charge in [-0.1, -0.05) is 0 Å². The van der Waals surface area contributed by atoms with E-state index in [1.807, 2.05) is 0 Å². The fraction of sp³-hybridized carbons (Fsp3) is 0.100. The van der Waals surface area contributed by atoms with Crippen LogP contribution in [-0.4, -0.2) is 11.8 Å². The third-order valence-electron chi connectivity index (χ3n) is 1.96. The first-order valence-corrected chi connectivity index (χ1v) is 5.28. The number of anilines is 1. The number of hydrogen-bond acceptors (Lipinski definition) is 4. The van der Waals surface area contributed by atoms with Crippen LogP contribution < -0.4 is 10.5 Å². The Morgan fingerprint density at radius 1 is 1.44 bits per heavy atom. The summed E-state index contributed by atoms with van der Waals surface area (Å²) in [5, 5.41) is 2.16. The van der Waals surface area contributed by atoms with E-state index in [4.69, 9.17) is 5.73 Å². The molecule has 6 heteroatoms. The van der Waals surface area contributed by atoms with Crippen LogP contribution in [-0.2, 0) is 0 Å². The van der Waals surface area contributed by atoms with Gasteiger partial charge < -0.3 is 10.5 Å². The van der Waals surface area contributed by atoms with Gasteiger partial charge in [-0.3, -0.25) is 0 Å². The van der Waals surface area contributed by atoms with Gasteiger partial charge in [-0.15, -0.1) is 11.3 Å². The number of halogens is 2. The molecular weight excluding hydrogens is 234 g/mol. The third-order valence-corrected chi connectivity index (χ3v) is 2.63. The predicted octanol–water partition coefficient (Wildman–Crippen LogP) is 2.84. The Morgan fingerprint density at radius 3 is 2.88 bits per heavy atom. The van der Waals surface area contributed by atoms with Crippen LogP contribution in [0.5, 0.6) is 5.75 Å². The van der Waals surface area contributed by atoms with Gasteiger partial charge in [-0.25, -0.2) is 13.8 Å². The summed E-state index contributed by atoms with van der Waals surface area (Å²) in [5.74, 6) is -0.740. The molecule has 0 amide bonds. The molecule has 0 aliphatic rings. The Bertz CT molecular complexity index is 501. The van der Waals surface area contributed by atoms with Crippen molar-refractivity contribution >= 4 is 16.5 Å². The van der Waals surface area contributed by atoms with E-state index >= 15 is 0 Å². The lowest BCUT2D eigenvalue weighted by atomic mass is 10.1. The lowest BCUT2D eigenvalue weighted by Gasteiger charge is -2.04. The molecule has 0 atom stereocenters. The van der Waals surface area contributed by atoms with Crippen LogP contribution in [0.2, 0.25) is 0 Å². The van der Waals surface area contributed by atoms with E-state index in [0.717, 1.165) is 0 Å². The number of rotatable bonds is 3. The number of hydrogen-bond donors (Lipinski definition) is 1. The number of benzene rings is 1. The van der Waals surface area contributed by atoms with Crippen molar-refractivity contribution in [3.05, 3.63) is 29.4 Å². The number of aromatic nitrogens is 1. The van der Waals surface area contributed by atoms with Gasteiger partial charge >= 0.3 is 0 Å². The normalized spacial score (nSPS) is 10.4. The molecule has 84 valence electrons. The summed E-state index contributed by atoms with van der Waals surface area (Å²) in [4.78, 5) is 4.04. The number of nitrogen functional groups attached to an aromatic ring is 1. The number of alkyl halides is 1. The minimum Gasteiger partial charge on any atom is -0.460 e. The largest absolute Gasteiger partial charge is 0.460 e. The second kappa shape index (κ2) is 4.44. The van der Waals surface area contributed by atoms with E-state index in [2.05, 4.69) is 9.72 Å². The summed E-state index contributed by atoms with van der Waals surface area (Å²) in [5.41, 5.74) is 6.74. The quantitative estimate of drug-likeness (QED) is 0.900. The highest BCUT2D eigenvalue weighted by atomic mass is 32.1. The van der Waals surface area contributed by atoms with Crippen molar-refractivity contribution in [2.24, 2.45) is 0 Å². The van der Waals surface area contributed by atoms with E-state index in [1.165, 1.54) is 29.5 Å². The maximum Gasteiger partial charge on any atom is 0.228 e. The topological polar surface area (TPSA) is 48.1 Å². The van der Waals surface area contributed by atoms with Crippen LogP contribution in [0, 0.1) is 5.82 Å². The van der Waals surface area contributed by atoms with Crippen LogP contribution in [0.3, 0.4) is 0 Å². The summed E-state index contributed by atoms with van der Waals surface area (Å²) >= 11 is 1.28. The maximum absolute atomic E-state index is 13.1. The molecule has 16 heavy (non-hydrogen) atoms. The molecule has 2 N–H and O–H groups in total. The smallest absolute Gasteiger partial charge is 0.228 e. The van der Waals surface area contributed by atoms with E-state index in [1.54, 1.807) is 5.38 Å². The SMILES string of the molecule is Nc1nc(-c2ccc(F)c(OCF)c2)cs1. The van der Waals surface area contributed by atoms with Crippen molar-refractivity contribution in [3.63, 3.8) is 0 Å². The van der Waals surface area contributed by atoms with E-state index in [0.29, 0.717) is 16.4 Å². The minimum atomic E-state index is -1.07. The van der Waals surface area contributed by atoms with Gasteiger partial charge in [0.25, 0.3) is 0 Å². The lowest BCUT2D eigenvalue weighted by Crippen LogP contribution is -1.94. The Morgan fingerprint density at radius 2 is 2.25 bits per heavy atom. The Kier molecular flexibility index (Phi) is 3.00. The fourth-order valence-corrected chi connectivity index (χ4v) is 1.82. The first kappa shape index (κ1) is 10.8. The zero-order chi connectivity index (χ0) is 11.5. The van der Waals surface area contributed by atoms with Crippen LogP contribution in [0.4, 0.5) is 13.9 Å². The highest BCUT2D eigenvalue weighted by Gasteiger charge is 2.08. The van der Waals surface area contributed by atoms with E-state index in [9.17, 15) is 8.78 Å². The number of nitrogens with two attached hydrogens (primary N) is 1. The van der Waals surface area contributed by atoms with Crippen molar-refractivity contribution in [1.82, 2.24) is 4.98 Å². The molecule has 0 bridgehead atoms. The van der Waals surface area contributed by atoms with Crippen molar-refractivity contribution in [1.29, 1.82) is 0 Å². The fourth-order valence-electron chi connectivity index (χ4n) is 1.25. The van der Waals surface area contributed by atoms with Crippen molar-refractivity contribution in [3.8, 4) is 17.0 Å². The minimum absolute atomic E-state index is 0.133. The van der Waals surface area contributed by atoms with Gasteiger partial charge in [0.05, 0.1) is 5.69 Å². The van der Waals surface area contributed by atoms with E-state index in [-0.39, 0.29) is 5.75 Å². The van der Waals surface area contributed by atoms with Crippen LogP contribution in [0.15, 0.2) is 23.6 Å². The predicted molar refractivity (Wildman–Crippen MR) is 58.5 cm³/mol.